The van der Waals surface area contributed by atoms with E-state index < -0.39 is 16.8 Å². The molecule has 1 atom stereocenters. The Morgan fingerprint density at radius 2 is 1.73 bits per heavy atom. The standard InChI is InChI=1S/C28H32FN3O2S2.2C2H6/c1-5-17-32(36(34)25-14-7-10-22-12-8-15-31-26(22)25)18-9-16-30-21(4)35-28(20(2)3)27(33)23-11-6-13-24(29)19-23;2*1-2/h6-8,10-15,19,30H,4-5,9,16-18H2,1-3H3;2*1-2H3. The highest BCUT2D eigenvalue weighted by atomic mass is 32.2. The van der Waals surface area contributed by atoms with E-state index in [0.717, 1.165) is 34.2 Å². The van der Waals surface area contributed by atoms with E-state index in [1.165, 1.54) is 30.0 Å². The molecule has 0 aliphatic heterocycles. The largest absolute Gasteiger partial charge is 0.380 e. The lowest BCUT2D eigenvalue weighted by atomic mass is 10.1. The van der Waals surface area contributed by atoms with Gasteiger partial charge in [0.2, 0.25) is 0 Å². The molecule has 3 rings (SSSR count). The molecule has 0 radical (unpaired) electrons. The molecule has 8 heteroatoms. The molecule has 1 heterocycles. The number of thioether (sulfide) groups is 1. The highest BCUT2D eigenvalue weighted by Crippen LogP contribution is 2.29. The number of halogens is 1. The number of carbonyl (C=O) groups is 1. The number of Topliss-reactive ketones (excluding diaryl/α,β-unsaturated/α-hetero) is 1. The summed E-state index contributed by atoms with van der Waals surface area (Å²) in [5.41, 5.74) is 1.91. The van der Waals surface area contributed by atoms with Crippen molar-refractivity contribution in [2.24, 2.45) is 0 Å². The van der Waals surface area contributed by atoms with Crippen molar-refractivity contribution >= 4 is 39.4 Å². The first kappa shape index (κ1) is 35.2. The number of hydrogen-bond acceptors (Lipinski definition) is 5. The summed E-state index contributed by atoms with van der Waals surface area (Å²) < 4.78 is 29.0. The third kappa shape index (κ3) is 10.6. The molecule has 1 unspecified atom stereocenters. The third-order valence-electron chi connectivity index (χ3n) is 5.37. The van der Waals surface area contributed by atoms with Crippen molar-refractivity contribution in [3.63, 3.8) is 0 Å². The summed E-state index contributed by atoms with van der Waals surface area (Å²) in [7, 11) is -1.32. The fraction of sp³-hybridized carbons (Fsp3) is 0.375. The number of hydrogen-bond donors (Lipinski definition) is 1. The van der Waals surface area contributed by atoms with Gasteiger partial charge in [-0.15, -0.1) is 0 Å². The number of allylic oxidation sites excluding steroid dienone is 2. The van der Waals surface area contributed by atoms with Gasteiger partial charge in [-0.05, 0) is 51.0 Å². The molecular formula is C32H44FN3O2S2. The van der Waals surface area contributed by atoms with Gasteiger partial charge < -0.3 is 5.32 Å². The van der Waals surface area contributed by atoms with Gasteiger partial charge in [0.05, 0.1) is 20.3 Å². The molecule has 40 heavy (non-hydrogen) atoms. The van der Waals surface area contributed by atoms with Gasteiger partial charge >= 0.3 is 0 Å². The second kappa shape index (κ2) is 19.3. The van der Waals surface area contributed by atoms with Crippen LogP contribution in [0.25, 0.3) is 10.9 Å². The second-order valence-electron chi connectivity index (χ2n) is 8.48. The predicted octanol–water partition coefficient (Wildman–Crippen LogP) is 8.52. The number of aromatic nitrogens is 1. The van der Waals surface area contributed by atoms with E-state index in [0.29, 0.717) is 35.1 Å². The van der Waals surface area contributed by atoms with Gasteiger partial charge in [-0.2, -0.15) is 0 Å². The van der Waals surface area contributed by atoms with Crippen LogP contribution in [0.3, 0.4) is 0 Å². The first-order chi connectivity index (χ1) is 19.3. The van der Waals surface area contributed by atoms with Gasteiger partial charge in [-0.25, -0.2) is 12.9 Å². The van der Waals surface area contributed by atoms with Crippen LogP contribution in [0.5, 0.6) is 0 Å². The van der Waals surface area contributed by atoms with E-state index in [9.17, 15) is 13.4 Å². The van der Waals surface area contributed by atoms with Crippen molar-refractivity contribution in [3.05, 3.63) is 94.3 Å². The molecule has 0 fully saturated rings. The van der Waals surface area contributed by atoms with Crippen molar-refractivity contribution in [1.29, 1.82) is 0 Å². The molecule has 0 bridgehead atoms. The van der Waals surface area contributed by atoms with Crippen LogP contribution in [0.4, 0.5) is 4.39 Å². The third-order valence-corrected chi connectivity index (χ3v) is 8.10. The highest BCUT2D eigenvalue weighted by molar-refractivity contribution is 8.07. The summed E-state index contributed by atoms with van der Waals surface area (Å²) in [6.07, 6.45) is 3.34. The molecule has 0 aliphatic rings. The van der Waals surface area contributed by atoms with Crippen LogP contribution in [-0.2, 0) is 11.0 Å². The van der Waals surface area contributed by atoms with Crippen LogP contribution in [0.1, 0.15) is 71.7 Å². The quantitative estimate of drug-likeness (QED) is 0.124. The minimum absolute atomic E-state index is 0.226. The fourth-order valence-electron chi connectivity index (χ4n) is 3.66. The number of carbonyl (C=O) groups excluding carboxylic acids is 1. The molecule has 0 saturated heterocycles. The first-order valence-electron chi connectivity index (χ1n) is 13.9. The summed E-state index contributed by atoms with van der Waals surface area (Å²) in [6, 6.07) is 15.3. The molecule has 2 aromatic carbocycles. The molecule has 218 valence electrons. The second-order valence-corrected chi connectivity index (χ2v) is 11.0. The Bertz CT molecular complexity index is 1280. The molecule has 0 aliphatic carbocycles. The Morgan fingerprint density at radius 1 is 1.05 bits per heavy atom. The van der Waals surface area contributed by atoms with Crippen LogP contribution in [-0.4, -0.2) is 38.9 Å². The zero-order valence-corrected chi connectivity index (χ0v) is 26.6. The van der Waals surface area contributed by atoms with Crippen molar-refractivity contribution in [2.45, 2.75) is 66.2 Å². The van der Waals surface area contributed by atoms with E-state index in [2.05, 4.69) is 23.8 Å². The van der Waals surface area contributed by atoms with Crippen LogP contribution in [0.2, 0.25) is 0 Å². The summed E-state index contributed by atoms with van der Waals surface area (Å²) >= 11 is 1.26. The summed E-state index contributed by atoms with van der Waals surface area (Å²) in [4.78, 5) is 18.6. The number of para-hydroxylation sites is 1. The Balaban J connectivity index is 0.00000191. The smallest absolute Gasteiger partial charge is 0.199 e. The van der Waals surface area contributed by atoms with E-state index in [-0.39, 0.29) is 5.78 Å². The molecule has 0 spiro atoms. The molecular weight excluding hydrogens is 542 g/mol. The van der Waals surface area contributed by atoms with Crippen molar-refractivity contribution in [2.75, 3.05) is 19.6 Å². The minimum Gasteiger partial charge on any atom is -0.380 e. The van der Waals surface area contributed by atoms with Gasteiger partial charge in [0.1, 0.15) is 16.8 Å². The number of pyridine rings is 1. The highest BCUT2D eigenvalue weighted by Gasteiger charge is 2.18. The lowest BCUT2D eigenvalue weighted by molar-refractivity contribution is 0.104. The lowest BCUT2D eigenvalue weighted by Gasteiger charge is -2.21. The number of benzene rings is 2. The first-order valence-corrected chi connectivity index (χ1v) is 15.8. The fourth-order valence-corrected chi connectivity index (χ4v) is 5.95. The Kier molecular flexibility index (Phi) is 17.0. The topological polar surface area (TPSA) is 62.3 Å². The molecule has 1 aromatic heterocycles. The van der Waals surface area contributed by atoms with Crippen LogP contribution >= 0.6 is 11.8 Å². The van der Waals surface area contributed by atoms with E-state index in [1.807, 2.05) is 76.2 Å². The predicted molar refractivity (Wildman–Crippen MR) is 171 cm³/mol. The van der Waals surface area contributed by atoms with Crippen LogP contribution in [0.15, 0.2) is 87.8 Å². The zero-order chi connectivity index (χ0) is 30.1. The molecule has 0 amide bonds. The van der Waals surface area contributed by atoms with Crippen LogP contribution < -0.4 is 5.32 Å². The van der Waals surface area contributed by atoms with Crippen molar-refractivity contribution in [3.8, 4) is 0 Å². The lowest BCUT2D eigenvalue weighted by Crippen LogP contribution is -2.30. The zero-order valence-electron chi connectivity index (χ0n) is 24.9. The Hall–Kier alpha value is -2.81. The Labute approximate surface area is 246 Å². The number of nitrogens with zero attached hydrogens (tertiary/aromatic N) is 2. The van der Waals surface area contributed by atoms with E-state index >= 15 is 0 Å². The summed E-state index contributed by atoms with van der Waals surface area (Å²) in [5, 5.41) is 4.87. The molecule has 0 saturated carbocycles. The van der Waals surface area contributed by atoms with Gasteiger partial charge in [0, 0.05) is 36.8 Å². The van der Waals surface area contributed by atoms with E-state index in [4.69, 9.17) is 0 Å². The normalized spacial score (nSPS) is 11.0. The van der Waals surface area contributed by atoms with Gasteiger partial charge in [-0.1, -0.05) is 88.9 Å². The van der Waals surface area contributed by atoms with E-state index in [1.54, 1.807) is 12.3 Å². The summed E-state index contributed by atoms with van der Waals surface area (Å²) in [5.74, 6) is -0.667. The maximum atomic E-state index is 13.6. The SMILES string of the molecule is C=C(NCCCN(CCC)S(=O)c1cccc2cccnc12)SC(C(=O)c1cccc(F)c1)=C(C)C.CC.CC. The average Bonchev–Trinajstić information content (AvgIpc) is 2.98. The van der Waals surface area contributed by atoms with Gasteiger partial charge in [0.15, 0.2) is 5.78 Å². The molecule has 5 nitrogen and oxygen atoms in total. The Morgan fingerprint density at radius 3 is 2.38 bits per heavy atom. The number of nitrogens with one attached hydrogen (secondary N) is 1. The average molecular weight is 586 g/mol. The minimum atomic E-state index is -1.32. The maximum Gasteiger partial charge on any atom is 0.199 e. The maximum absolute atomic E-state index is 13.6. The number of rotatable bonds is 13. The molecule has 3 aromatic rings. The van der Waals surface area contributed by atoms with Gasteiger partial charge in [0.25, 0.3) is 0 Å². The number of ketones is 1. The summed E-state index contributed by atoms with van der Waals surface area (Å²) in [6.45, 7) is 19.8. The van der Waals surface area contributed by atoms with Crippen molar-refractivity contribution in [1.82, 2.24) is 14.6 Å². The monoisotopic (exact) mass is 585 g/mol. The van der Waals surface area contributed by atoms with Crippen LogP contribution in [0, 0.1) is 5.82 Å². The van der Waals surface area contributed by atoms with Gasteiger partial charge in [-0.3, -0.25) is 9.78 Å². The van der Waals surface area contributed by atoms with Crippen molar-refractivity contribution < 1.29 is 13.4 Å². The molecule has 1 N–H and O–H groups in total. The number of fused-ring (bicyclic) bond motifs is 1.